The number of ether oxygens (including phenoxy) is 1. The Kier molecular flexibility index (Phi) is 5.36. The van der Waals surface area contributed by atoms with Gasteiger partial charge in [-0.3, -0.25) is 4.99 Å². The Morgan fingerprint density at radius 2 is 2.29 bits per heavy atom. The number of nitrogens with zero attached hydrogens (tertiary/aromatic N) is 4. The molecule has 4 aliphatic heterocycles. The largest absolute Gasteiger partial charge is 0.447 e. The SMILES string of the molecule is C#CCCOC(=O)N1NCN2C3=S(C)C4=C(CN=C4)C3=CN(c3ccccc3Cl)CC21. The van der Waals surface area contributed by atoms with Crippen molar-refractivity contribution >= 4 is 45.1 Å². The maximum Gasteiger partial charge on any atom is 0.425 e. The number of halogens is 1. The average Bonchev–Trinajstić information content (AvgIpc) is 3.43. The average molecular weight is 456 g/mol. The zero-order chi connectivity index (χ0) is 21.5. The molecule has 2 atom stereocenters. The molecule has 9 heteroatoms. The van der Waals surface area contributed by atoms with Gasteiger partial charge in [-0.05, 0) is 24.0 Å². The Labute approximate surface area is 188 Å². The van der Waals surface area contributed by atoms with E-state index in [2.05, 4.69) is 38.6 Å². The van der Waals surface area contributed by atoms with Crippen LogP contribution < -0.4 is 10.3 Å². The van der Waals surface area contributed by atoms with Crippen LogP contribution in [0.25, 0.3) is 0 Å². The molecule has 0 aromatic heterocycles. The summed E-state index contributed by atoms with van der Waals surface area (Å²) in [4.78, 5) is 24.2. The van der Waals surface area contributed by atoms with Gasteiger partial charge in [0.25, 0.3) is 0 Å². The van der Waals surface area contributed by atoms with Crippen LogP contribution in [0.1, 0.15) is 6.42 Å². The second kappa shape index (κ2) is 8.17. The third kappa shape index (κ3) is 3.38. The van der Waals surface area contributed by atoms with Gasteiger partial charge in [0.15, 0.2) is 0 Å². The third-order valence-corrected chi connectivity index (χ3v) is 8.10. The molecule has 5 rings (SSSR count). The highest BCUT2D eigenvalue weighted by atomic mass is 35.5. The maximum atomic E-state index is 12.8. The van der Waals surface area contributed by atoms with E-state index in [1.165, 1.54) is 21.0 Å². The highest BCUT2D eigenvalue weighted by Crippen LogP contribution is 2.45. The van der Waals surface area contributed by atoms with Gasteiger partial charge in [0.2, 0.25) is 0 Å². The summed E-state index contributed by atoms with van der Waals surface area (Å²) < 4.78 is 5.39. The van der Waals surface area contributed by atoms with Crippen molar-refractivity contribution in [2.45, 2.75) is 12.6 Å². The van der Waals surface area contributed by atoms with Gasteiger partial charge in [-0.25, -0.2) is 20.1 Å². The molecule has 0 saturated carbocycles. The minimum atomic E-state index is -0.429. The summed E-state index contributed by atoms with van der Waals surface area (Å²) in [5.41, 5.74) is 6.54. The summed E-state index contributed by atoms with van der Waals surface area (Å²) in [5.74, 6) is 2.49. The fourth-order valence-electron chi connectivity index (χ4n) is 4.30. The lowest BCUT2D eigenvalue weighted by Gasteiger charge is -2.31. The number of amides is 1. The van der Waals surface area contributed by atoms with E-state index < -0.39 is 6.09 Å². The Morgan fingerprint density at radius 1 is 1.45 bits per heavy atom. The standard InChI is InChI=1S/C22H22ClN5O2S/c1-3-4-9-30-22(29)28-20-13-26(18-8-6-5-7-17(18)23)12-16-15-10-24-11-19(15)31(2)21(16)27(20)14-25-28/h1,5-8,11-12,20,25H,4,9-10,13-14H2,2H3. The summed E-state index contributed by atoms with van der Waals surface area (Å²) in [5, 5.41) is 2.23. The smallest absolute Gasteiger partial charge is 0.425 e. The lowest BCUT2D eigenvalue weighted by Crippen LogP contribution is -2.50. The number of rotatable bonds is 3. The monoisotopic (exact) mass is 455 g/mol. The summed E-state index contributed by atoms with van der Waals surface area (Å²) in [7, 11) is -0.128. The molecule has 7 nitrogen and oxygen atoms in total. The number of anilines is 1. The maximum absolute atomic E-state index is 12.8. The van der Waals surface area contributed by atoms with E-state index in [0.717, 1.165) is 5.69 Å². The molecule has 4 aliphatic rings. The molecule has 1 fully saturated rings. The fraction of sp³-hybridized carbons (Fsp3) is 0.318. The number of allylic oxidation sites excluding steroid dienone is 1. The highest BCUT2D eigenvalue weighted by Gasteiger charge is 2.45. The van der Waals surface area contributed by atoms with E-state index in [0.29, 0.717) is 31.2 Å². The molecule has 160 valence electrons. The number of hydrogen-bond acceptors (Lipinski definition) is 6. The van der Waals surface area contributed by atoms with Crippen molar-refractivity contribution in [3.05, 3.63) is 51.5 Å². The van der Waals surface area contributed by atoms with Crippen molar-refractivity contribution < 1.29 is 9.53 Å². The number of terminal acetylenes is 1. The van der Waals surface area contributed by atoms with Crippen molar-refractivity contribution in [1.29, 1.82) is 0 Å². The van der Waals surface area contributed by atoms with Crippen LogP contribution in [0.2, 0.25) is 5.02 Å². The minimum Gasteiger partial charge on any atom is -0.447 e. The van der Waals surface area contributed by atoms with E-state index in [4.69, 9.17) is 22.8 Å². The lowest BCUT2D eigenvalue weighted by molar-refractivity contribution is 0.0759. The van der Waals surface area contributed by atoms with E-state index in [-0.39, 0.29) is 23.3 Å². The molecule has 2 unspecified atom stereocenters. The normalized spacial score (nSPS) is 24.5. The number of hydrogen-bond donors (Lipinski definition) is 1. The van der Waals surface area contributed by atoms with Crippen LogP contribution in [0, 0.1) is 12.3 Å². The molecular formula is C22H22ClN5O2S. The van der Waals surface area contributed by atoms with Crippen LogP contribution in [0.4, 0.5) is 10.5 Å². The fourth-order valence-corrected chi connectivity index (χ4v) is 6.57. The summed E-state index contributed by atoms with van der Waals surface area (Å²) in [6, 6.07) is 7.75. The number of benzene rings is 1. The molecule has 0 radical (unpaired) electrons. The van der Waals surface area contributed by atoms with Crippen molar-refractivity contribution in [2.75, 3.05) is 37.5 Å². The highest BCUT2D eigenvalue weighted by molar-refractivity contribution is 8.20. The van der Waals surface area contributed by atoms with Crippen LogP contribution >= 0.6 is 22.1 Å². The Morgan fingerprint density at radius 3 is 3.10 bits per heavy atom. The quantitative estimate of drug-likeness (QED) is 0.431. The molecule has 1 saturated heterocycles. The van der Waals surface area contributed by atoms with Crippen molar-refractivity contribution in [2.24, 2.45) is 4.99 Å². The zero-order valence-electron chi connectivity index (χ0n) is 17.0. The van der Waals surface area contributed by atoms with Crippen LogP contribution in [0.5, 0.6) is 0 Å². The van der Waals surface area contributed by atoms with Gasteiger partial charge < -0.3 is 9.64 Å². The number of para-hydroxylation sites is 1. The molecule has 0 spiro atoms. The zero-order valence-corrected chi connectivity index (χ0v) is 18.6. The molecule has 1 N–H and O–H groups in total. The first-order valence-corrected chi connectivity index (χ1v) is 12.0. The van der Waals surface area contributed by atoms with Crippen LogP contribution in [0.3, 0.4) is 0 Å². The number of fused-ring (bicyclic) bond motifs is 4. The van der Waals surface area contributed by atoms with E-state index in [9.17, 15) is 4.79 Å². The van der Waals surface area contributed by atoms with Crippen LogP contribution in [0.15, 0.2) is 51.5 Å². The second-order valence-electron chi connectivity index (χ2n) is 7.48. The molecule has 31 heavy (non-hydrogen) atoms. The summed E-state index contributed by atoms with van der Waals surface area (Å²) in [6.45, 7) is 1.93. The Balaban J connectivity index is 1.55. The molecule has 0 aliphatic carbocycles. The first-order valence-electron chi connectivity index (χ1n) is 9.99. The van der Waals surface area contributed by atoms with E-state index in [1.54, 1.807) is 5.01 Å². The van der Waals surface area contributed by atoms with E-state index in [1.807, 2.05) is 30.5 Å². The molecule has 1 amide bonds. The van der Waals surface area contributed by atoms with Crippen LogP contribution in [-0.4, -0.2) is 66.0 Å². The van der Waals surface area contributed by atoms with Crippen LogP contribution in [-0.2, 0) is 4.74 Å². The predicted molar refractivity (Wildman–Crippen MR) is 126 cm³/mol. The molecular weight excluding hydrogens is 434 g/mol. The number of hydrazine groups is 1. The van der Waals surface area contributed by atoms with E-state index >= 15 is 0 Å². The lowest BCUT2D eigenvalue weighted by atomic mass is 10.1. The van der Waals surface area contributed by atoms with Gasteiger partial charge in [-0.1, -0.05) is 23.7 Å². The summed E-state index contributed by atoms with van der Waals surface area (Å²) >= 11 is 6.55. The minimum absolute atomic E-state index is 0.128. The molecule has 1 aromatic rings. The van der Waals surface area contributed by atoms with Gasteiger partial charge in [0, 0.05) is 29.3 Å². The van der Waals surface area contributed by atoms with Gasteiger partial charge >= 0.3 is 6.09 Å². The van der Waals surface area contributed by atoms with Gasteiger partial charge in [-0.2, -0.15) is 0 Å². The molecule has 1 aromatic carbocycles. The number of carbonyl (C=O) groups is 1. The Bertz CT molecular complexity index is 1120. The number of nitrogens with one attached hydrogen (secondary N) is 1. The Hall–Kier alpha value is -2.57. The van der Waals surface area contributed by atoms with Gasteiger partial charge in [0.05, 0.1) is 35.5 Å². The third-order valence-electron chi connectivity index (χ3n) is 5.74. The predicted octanol–water partition coefficient (Wildman–Crippen LogP) is 2.99. The van der Waals surface area contributed by atoms with Gasteiger partial charge in [0.1, 0.15) is 12.8 Å². The molecule has 0 bridgehead atoms. The van der Waals surface area contributed by atoms with Gasteiger partial charge in [-0.15, -0.1) is 22.8 Å². The first kappa shape index (κ1) is 20.3. The second-order valence-corrected chi connectivity index (χ2v) is 9.73. The van der Waals surface area contributed by atoms with Crippen molar-refractivity contribution in [3.8, 4) is 12.3 Å². The first-order chi connectivity index (χ1) is 15.1. The topological polar surface area (TPSA) is 60.4 Å². The summed E-state index contributed by atoms with van der Waals surface area (Å²) in [6.07, 6.45) is 11.4. The van der Waals surface area contributed by atoms with Crippen molar-refractivity contribution in [1.82, 2.24) is 15.3 Å². The number of aliphatic imine (C=N–C) groups is 1. The number of carbonyl (C=O) groups excluding carboxylic acids is 1. The molecule has 4 heterocycles. The van der Waals surface area contributed by atoms with Crippen molar-refractivity contribution in [3.63, 3.8) is 0 Å².